The van der Waals surface area contributed by atoms with E-state index in [-0.39, 0.29) is 12.4 Å². The molecule has 5 heteroatoms. The SMILES string of the molecule is CCCN1CCN(c2ccc(N3CCOCC3)cc2C2=CCC3(CCCC3)CC2)CC1.Cl. The fourth-order valence-electron chi connectivity index (χ4n) is 6.37. The highest BCUT2D eigenvalue weighted by molar-refractivity contribution is 5.85. The fraction of sp³-hybridized carbons (Fsp3) is 0.704. The molecule has 2 aliphatic heterocycles. The normalized spacial score (nSPS) is 23.8. The van der Waals surface area contributed by atoms with Crippen molar-refractivity contribution in [2.75, 3.05) is 68.8 Å². The molecular formula is C27H42ClN3O. The second-order valence-corrected chi connectivity index (χ2v) is 10.3. The van der Waals surface area contributed by atoms with Crippen LogP contribution in [-0.2, 0) is 4.74 Å². The zero-order valence-electron chi connectivity index (χ0n) is 20.0. The van der Waals surface area contributed by atoms with Gasteiger partial charge >= 0.3 is 0 Å². The van der Waals surface area contributed by atoms with Crippen LogP contribution in [0.25, 0.3) is 5.57 Å². The van der Waals surface area contributed by atoms with Gasteiger partial charge in [-0.3, -0.25) is 4.90 Å². The van der Waals surface area contributed by atoms with Crippen LogP contribution in [0, 0.1) is 5.41 Å². The number of benzene rings is 1. The van der Waals surface area contributed by atoms with E-state index in [1.54, 1.807) is 5.57 Å². The minimum Gasteiger partial charge on any atom is -0.378 e. The van der Waals surface area contributed by atoms with Crippen LogP contribution < -0.4 is 9.80 Å². The van der Waals surface area contributed by atoms with E-state index in [1.807, 2.05) is 0 Å². The second kappa shape index (κ2) is 10.8. The molecular weight excluding hydrogens is 418 g/mol. The molecule has 0 amide bonds. The van der Waals surface area contributed by atoms with E-state index in [4.69, 9.17) is 4.74 Å². The standard InChI is InChI=1S/C27H41N3O.ClH/c1-2-13-28-14-16-30(17-15-28)26-6-5-24(29-18-20-31-21-19-29)22-25(26)23-7-11-27(12-8-23)9-3-4-10-27;/h5-7,22H,2-4,8-21H2,1H3;1H. The van der Waals surface area contributed by atoms with Crippen LogP contribution in [-0.4, -0.2) is 63.9 Å². The molecule has 0 aromatic heterocycles. The largest absolute Gasteiger partial charge is 0.378 e. The van der Waals surface area contributed by atoms with Crippen molar-refractivity contribution in [1.82, 2.24) is 4.90 Å². The number of morpholine rings is 1. The molecule has 1 aromatic rings. The van der Waals surface area contributed by atoms with Gasteiger partial charge in [-0.1, -0.05) is 25.8 Å². The Bertz CT molecular complexity index is 775. The molecule has 5 rings (SSSR count). The van der Waals surface area contributed by atoms with Crippen LogP contribution in [0.15, 0.2) is 24.3 Å². The molecule has 178 valence electrons. The van der Waals surface area contributed by atoms with E-state index < -0.39 is 0 Å². The van der Waals surface area contributed by atoms with Gasteiger partial charge in [-0.2, -0.15) is 0 Å². The van der Waals surface area contributed by atoms with Crippen molar-refractivity contribution < 1.29 is 4.74 Å². The van der Waals surface area contributed by atoms with Crippen molar-refractivity contribution in [2.24, 2.45) is 5.41 Å². The lowest BCUT2D eigenvalue weighted by Crippen LogP contribution is -2.46. The smallest absolute Gasteiger partial charge is 0.0642 e. The van der Waals surface area contributed by atoms with Crippen molar-refractivity contribution in [1.29, 1.82) is 0 Å². The lowest BCUT2D eigenvalue weighted by atomic mass is 9.72. The minimum atomic E-state index is 0. The first kappa shape index (κ1) is 23.9. The van der Waals surface area contributed by atoms with E-state index in [9.17, 15) is 0 Å². The van der Waals surface area contributed by atoms with Gasteiger partial charge in [-0.25, -0.2) is 0 Å². The van der Waals surface area contributed by atoms with Crippen LogP contribution in [0.4, 0.5) is 11.4 Å². The number of halogens is 1. The second-order valence-electron chi connectivity index (χ2n) is 10.3. The summed E-state index contributed by atoms with van der Waals surface area (Å²) in [5.74, 6) is 0. The zero-order chi connectivity index (χ0) is 21.1. The van der Waals surface area contributed by atoms with Gasteiger partial charge in [-0.05, 0) is 74.3 Å². The predicted octanol–water partition coefficient (Wildman–Crippen LogP) is 5.60. The maximum atomic E-state index is 5.60. The zero-order valence-corrected chi connectivity index (χ0v) is 20.8. The maximum absolute atomic E-state index is 5.60. The van der Waals surface area contributed by atoms with E-state index in [2.05, 4.69) is 45.9 Å². The Morgan fingerprint density at radius 3 is 2.31 bits per heavy atom. The molecule has 0 radical (unpaired) electrons. The number of hydrogen-bond acceptors (Lipinski definition) is 4. The summed E-state index contributed by atoms with van der Waals surface area (Å²) >= 11 is 0. The first-order valence-electron chi connectivity index (χ1n) is 12.9. The summed E-state index contributed by atoms with van der Waals surface area (Å²) in [5.41, 5.74) is 6.62. The third kappa shape index (κ3) is 5.13. The molecule has 1 aromatic carbocycles. The summed E-state index contributed by atoms with van der Waals surface area (Å²) in [6.07, 6.45) is 13.6. The quantitative estimate of drug-likeness (QED) is 0.570. The minimum absolute atomic E-state index is 0. The molecule has 2 aliphatic carbocycles. The number of rotatable bonds is 5. The van der Waals surface area contributed by atoms with Crippen molar-refractivity contribution in [3.8, 4) is 0 Å². The number of anilines is 2. The van der Waals surface area contributed by atoms with E-state index >= 15 is 0 Å². The van der Waals surface area contributed by atoms with E-state index in [0.29, 0.717) is 5.41 Å². The Labute approximate surface area is 201 Å². The molecule has 4 aliphatic rings. The predicted molar refractivity (Wildman–Crippen MR) is 138 cm³/mol. The molecule has 0 unspecified atom stereocenters. The Morgan fingerprint density at radius 2 is 1.66 bits per heavy atom. The fourth-order valence-corrected chi connectivity index (χ4v) is 6.37. The number of ether oxygens (including phenoxy) is 1. The topological polar surface area (TPSA) is 19.0 Å². The molecule has 3 fully saturated rings. The Morgan fingerprint density at radius 1 is 0.906 bits per heavy atom. The van der Waals surface area contributed by atoms with Gasteiger partial charge in [0.15, 0.2) is 0 Å². The molecule has 32 heavy (non-hydrogen) atoms. The monoisotopic (exact) mass is 459 g/mol. The van der Waals surface area contributed by atoms with Gasteiger partial charge in [0.05, 0.1) is 13.2 Å². The average molecular weight is 460 g/mol. The number of piperazine rings is 1. The summed E-state index contributed by atoms with van der Waals surface area (Å²) < 4.78 is 5.60. The first-order valence-corrected chi connectivity index (χ1v) is 12.9. The van der Waals surface area contributed by atoms with Gasteiger partial charge in [0.1, 0.15) is 0 Å². The van der Waals surface area contributed by atoms with Crippen molar-refractivity contribution in [2.45, 2.75) is 58.3 Å². The summed E-state index contributed by atoms with van der Waals surface area (Å²) in [7, 11) is 0. The van der Waals surface area contributed by atoms with Crippen molar-refractivity contribution in [3.63, 3.8) is 0 Å². The molecule has 0 bridgehead atoms. The molecule has 0 atom stereocenters. The molecule has 1 saturated carbocycles. The van der Waals surface area contributed by atoms with Gasteiger partial charge in [0.2, 0.25) is 0 Å². The lowest BCUT2D eigenvalue weighted by Gasteiger charge is -2.39. The average Bonchev–Trinajstić information content (AvgIpc) is 3.28. The molecule has 4 nitrogen and oxygen atoms in total. The van der Waals surface area contributed by atoms with Gasteiger partial charge < -0.3 is 14.5 Å². The Hall–Kier alpha value is -1.23. The van der Waals surface area contributed by atoms with Crippen LogP contribution in [0.3, 0.4) is 0 Å². The summed E-state index contributed by atoms with van der Waals surface area (Å²) in [6, 6.07) is 7.30. The summed E-state index contributed by atoms with van der Waals surface area (Å²) in [4.78, 5) is 7.80. The van der Waals surface area contributed by atoms with Crippen molar-refractivity contribution >= 4 is 29.4 Å². The number of nitrogens with zero attached hydrogens (tertiary/aromatic N) is 3. The lowest BCUT2D eigenvalue weighted by molar-refractivity contribution is 0.122. The third-order valence-electron chi connectivity index (χ3n) is 8.33. The molecule has 0 N–H and O–H groups in total. The Balaban J connectivity index is 0.00000245. The van der Waals surface area contributed by atoms with E-state index in [0.717, 1.165) is 39.4 Å². The van der Waals surface area contributed by atoms with E-state index in [1.165, 1.54) is 87.9 Å². The highest BCUT2D eigenvalue weighted by Gasteiger charge is 2.35. The number of allylic oxidation sites excluding steroid dienone is 2. The summed E-state index contributed by atoms with van der Waals surface area (Å²) in [5, 5.41) is 0. The van der Waals surface area contributed by atoms with Crippen LogP contribution in [0.1, 0.15) is 63.9 Å². The van der Waals surface area contributed by atoms with Crippen LogP contribution >= 0.6 is 12.4 Å². The first-order chi connectivity index (χ1) is 15.3. The van der Waals surface area contributed by atoms with Gasteiger partial charge in [0.25, 0.3) is 0 Å². The third-order valence-corrected chi connectivity index (χ3v) is 8.33. The van der Waals surface area contributed by atoms with Crippen molar-refractivity contribution in [3.05, 3.63) is 29.8 Å². The molecule has 2 saturated heterocycles. The van der Waals surface area contributed by atoms with Gasteiger partial charge in [-0.15, -0.1) is 12.4 Å². The van der Waals surface area contributed by atoms with Crippen LogP contribution in [0.2, 0.25) is 0 Å². The highest BCUT2D eigenvalue weighted by atomic mass is 35.5. The maximum Gasteiger partial charge on any atom is 0.0642 e. The Kier molecular flexibility index (Phi) is 8.07. The molecule has 1 spiro atoms. The van der Waals surface area contributed by atoms with Gasteiger partial charge in [0, 0.05) is 56.2 Å². The highest BCUT2D eigenvalue weighted by Crippen LogP contribution is 2.50. The number of hydrogen-bond donors (Lipinski definition) is 0. The summed E-state index contributed by atoms with van der Waals surface area (Å²) in [6.45, 7) is 12.0. The van der Waals surface area contributed by atoms with Crippen LogP contribution in [0.5, 0.6) is 0 Å². The molecule has 2 heterocycles.